The Hall–Kier alpha value is -13.7. The van der Waals surface area contributed by atoms with Gasteiger partial charge in [-0.2, -0.15) is 0 Å². The van der Waals surface area contributed by atoms with Gasteiger partial charge in [0.1, 0.15) is 0 Å². The number of para-hydroxylation sites is 6. The van der Waals surface area contributed by atoms with E-state index in [4.69, 9.17) is 0 Å². The highest BCUT2D eigenvalue weighted by molar-refractivity contribution is 7.07. The summed E-state index contributed by atoms with van der Waals surface area (Å²) in [5, 5.41) is 9.96. The van der Waals surface area contributed by atoms with Gasteiger partial charge >= 0.3 is 0 Å². The Kier molecular flexibility index (Phi) is 13.2. The number of benzene rings is 17. The Morgan fingerprint density at radius 3 is 1.01 bits per heavy atom. The summed E-state index contributed by atoms with van der Waals surface area (Å²) in [6.07, 6.45) is 0. The van der Waals surface area contributed by atoms with Crippen molar-refractivity contribution in [2.45, 2.75) is 52.4 Å². The number of hydrogen-bond acceptors (Lipinski definition) is 4. The van der Waals surface area contributed by atoms with E-state index in [1.165, 1.54) is 193 Å². The van der Waals surface area contributed by atoms with Crippen LogP contribution in [0.15, 0.2) is 346 Å². The van der Waals surface area contributed by atoms with Crippen LogP contribution < -0.4 is 68.8 Å². The summed E-state index contributed by atoms with van der Waals surface area (Å²) < 4.78 is 5.36. The average molecular weight is 1470 g/mol. The van der Waals surface area contributed by atoms with Gasteiger partial charge < -0.3 is 28.7 Å². The van der Waals surface area contributed by atoms with Crippen LogP contribution >= 0.6 is 0 Å². The molecule has 0 saturated carbocycles. The zero-order valence-electron chi connectivity index (χ0n) is 64.8. The standard InChI is InChI=1S/C106H75B3N6/c1-105(2,3)68-49-51-84-92(57-68)114-96-61-74(110(70-31-11-7-12-32-70)71-33-13-8-14-34-71)59-94-98(96)108(86-45-25-43-80-82-55-66(47-53-90(82)112(94)101(80)86)78-41-23-29-64-27-19-21-39-76(64)78)88-63-89-104-100(103(88)114)107(84)85-52-50-69(106(4,5)6)58-93(85)115(104)97-62-75(111(72-35-15-9-16-36-72)73-37-17-10-18-38-73)60-95-99(97)109(89)87-46-26-44-81-83-56-67(48-54-91(83)113(95)102(81)87)79-42-24-30-65-28-20-22-40-77(65)79/h7-63H,1-6H3. The fraction of sp³-hybridized carbons (Fsp3) is 0.0755. The van der Waals surface area contributed by atoms with Crippen molar-refractivity contribution in [2.75, 3.05) is 19.6 Å². The lowest BCUT2D eigenvalue weighted by molar-refractivity contribution is 0.590. The van der Waals surface area contributed by atoms with E-state index < -0.39 is 0 Å². The number of fused-ring (bicyclic) bond motifs is 22. The topological polar surface area (TPSA) is 22.8 Å². The molecule has 6 nitrogen and oxygen atoms in total. The molecule has 0 spiro atoms. The van der Waals surface area contributed by atoms with E-state index in [1.807, 2.05) is 0 Å². The Labute approximate surface area is 669 Å². The van der Waals surface area contributed by atoms with E-state index in [9.17, 15) is 0 Å². The van der Waals surface area contributed by atoms with E-state index in [0.29, 0.717) is 0 Å². The van der Waals surface area contributed by atoms with E-state index >= 15 is 0 Å². The number of anilines is 12. The third-order valence-corrected chi connectivity index (χ3v) is 26.4. The Balaban J connectivity index is 0.845. The molecule has 0 unspecified atom stereocenters. The highest BCUT2D eigenvalue weighted by Gasteiger charge is 2.55. The molecule has 0 N–H and O–H groups in total. The summed E-state index contributed by atoms with van der Waals surface area (Å²) in [7, 11) is 0. The van der Waals surface area contributed by atoms with E-state index in [1.54, 1.807) is 0 Å². The average Bonchev–Trinajstić information content (AvgIpc) is 1.56. The minimum Gasteiger partial charge on any atom is -0.312 e. The Morgan fingerprint density at radius 2 is 0.600 bits per heavy atom. The van der Waals surface area contributed by atoms with E-state index in [0.717, 1.165) is 34.1 Å². The normalized spacial score (nSPS) is 13.6. The molecule has 0 amide bonds. The summed E-state index contributed by atoms with van der Waals surface area (Å²) in [5.41, 5.74) is 40.3. The van der Waals surface area contributed by atoms with Gasteiger partial charge in [-0.3, -0.25) is 0 Å². The van der Waals surface area contributed by atoms with E-state index in [2.05, 4.69) is 416 Å². The fourth-order valence-corrected chi connectivity index (χ4v) is 21.5. The molecule has 0 aliphatic carbocycles. The lowest BCUT2D eigenvalue weighted by Crippen LogP contribution is -2.72. The van der Waals surface area contributed by atoms with Gasteiger partial charge in [0.2, 0.25) is 0 Å². The van der Waals surface area contributed by atoms with Crippen LogP contribution in [0.5, 0.6) is 0 Å². The molecule has 17 aromatic carbocycles. The third kappa shape index (κ3) is 8.98. The molecule has 0 fully saturated rings. The van der Waals surface area contributed by atoms with Crippen LogP contribution in [0.1, 0.15) is 52.7 Å². The van der Waals surface area contributed by atoms with Gasteiger partial charge in [-0.25, -0.2) is 0 Å². The van der Waals surface area contributed by atoms with Crippen molar-refractivity contribution >= 4 is 203 Å². The van der Waals surface area contributed by atoms with Crippen LogP contribution in [0.3, 0.4) is 0 Å². The first-order valence-electron chi connectivity index (χ1n) is 40.7. The molecule has 19 aromatic rings. The Bertz CT molecular complexity index is 6950. The smallest absolute Gasteiger partial charge is 0.252 e. The van der Waals surface area contributed by atoms with Gasteiger partial charge in [-0.05, 0) is 224 Å². The molecule has 6 aliphatic heterocycles. The van der Waals surface area contributed by atoms with Crippen molar-refractivity contribution in [1.29, 1.82) is 0 Å². The summed E-state index contributed by atoms with van der Waals surface area (Å²) in [6, 6.07) is 133. The van der Waals surface area contributed by atoms with Crippen molar-refractivity contribution in [2.24, 2.45) is 0 Å². The molecule has 0 radical (unpaired) electrons. The SMILES string of the molecule is CC(C)(C)c1ccc2c(c1)N1c3cc(N(c4ccccc4)c4ccccc4)cc4c3B(c3cc5c6c(c31)B2c1ccc(C(C)(C)C)cc1N6c1cc(N(c2ccccc2)c2ccccc2)cc2c1B5c1cccc3c5cc(-c6cccc7ccccc67)ccc5n-2c13)c1cccc2c3cc(-c5cccc6ccccc56)ccc3n-4c12. The second-order valence-electron chi connectivity index (χ2n) is 34.7. The summed E-state index contributed by atoms with van der Waals surface area (Å²) >= 11 is 0. The first-order chi connectivity index (χ1) is 56.4. The molecule has 0 atom stereocenters. The van der Waals surface area contributed by atoms with Crippen LogP contribution in [0.25, 0.3) is 98.8 Å². The zero-order chi connectivity index (χ0) is 76.2. The van der Waals surface area contributed by atoms with Crippen molar-refractivity contribution in [3.05, 3.63) is 357 Å². The van der Waals surface area contributed by atoms with Gasteiger partial charge in [0.05, 0.1) is 22.4 Å². The second kappa shape index (κ2) is 23.4. The fourth-order valence-electron chi connectivity index (χ4n) is 21.5. The number of hydrogen-bond donors (Lipinski definition) is 0. The minimum atomic E-state index is -0.204. The molecule has 0 bridgehead atoms. The lowest BCUT2D eigenvalue weighted by atomic mass is 9.26. The maximum atomic E-state index is 2.80. The van der Waals surface area contributed by atoms with E-state index in [-0.39, 0.29) is 31.0 Å². The highest BCUT2D eigenvalue weighted by atomic mass is 15.2. The first-order valence-corrected chi connectivity index (χ1v) is 40.7. The zero-order valence-corrected chi connectivity index (χ0v) is 64.8. The van der Waals surface area contributed by atoms with Crippen molar-refractivity contribution in [1.82, 2.24) is 9.13 Å². The Morgan fingerprint density at radius 1 is 0.243 bits per heavy atom. The summed E-state index contributed by atoms with van der Waals surface area (Å²) in [4.78, 5) is 10.6. The van der Waals surface area contributed by atoms with Crippen LogP contribution in [-0.4, -0.2) is 29.3 Å². The lowest BCUT2D eigenvalue weighted by Gasteiger charge is -2.52. The minimum absolute atomic E-state index is 0.162. The maximum Gasteiger partial charge on any atom is 0.252 e. The molecule has 8 heterocycles. The van der Waals surface area contributed by atoms with Crippen molar-refractivity contribution in [3.8, 4) is 33.6 Å². The molecular formula is C106H75B3N6. The largest absolute Gasteiger partial charge is 0.312 e. The van der Waals surface area contributed by atoms with Crippen molar-refractivity contribution in [3.63, 3.8) is 0 Å². The third-order valence-electron chi connectivity index (χ3n) is 26.4. The molecule has 25 rings (SSSR count). The molecule has 6 aliphatic rings. The maximum absolute atomic E-state index is 2.80. The van der Waals surface area contributed by atoms with Gasteiger partial charge in [0.15, 0.2) is 0 Å². The van der Waals surface area contributed by atoms with Gasteiger partial charge in [0.25, 0.3) is 20.1 Å². The van der Waals surface area contributed by atoms with Crippen LogP contribution in [0.2, 0.25) is 0 Å². The van der Waals surface area contributed by atoms with Crippen LogP contribution in [-0.2, 0) is 10.8 Å². The predicted molar refractivity (Wildman–Crippen MR) is 491 cm³/mol. The number of nitrogens with zero attached hydrogens (tertiary/aromatic N) is 6. The monoisotopic (exact) mass is 1460 g/mol. The molecule has 2 aromatic heterocycles. The number of aromatic nitrogens is 2. The second-order valence-corrected chi connectivity index (χ2v) is 34.7. The van der Waals surface area contributed by atoms with Gasteiger partial charge in [0, 0.05) is 101 Å². The first kappa shape index (κ1) is 64.9. The molecule has 538 valence electrons. The molecule has 0 saturated heterocycles. The number of rotatable bonds is 8. The molecular weight excluding hydrogens is 1390 g/mol. The predicted octanol–water partition coefficient (Wildman–Crippen LogP) is 21.4. The van der Waals surface area contributed by atoms with Crippen LogP contribution in [0.4, 0.5) is 68.2 Å². The molecule has 115 heavy (non-hydrogen) atoms. The quantitative estimate of drug-likeness (QED) is 0.141. The van der Waals surface area contributed by atoms with Gasteiger partial charge in [-0.15, -0.1) is 0 Å². The highest BCUT2D eigenvalue weighted by Crippen LogP contribution is 2.54. The molecule has 9 heteroatoms. The summed E-state index contributed by atoms with van der Waals surface area (Å²) in [6.45, 7) is 13.7. The van der Waals surface area contributed by atoms with Crippen molar-refractivity contribution < 1.29 is 0 Å². The van der Waals surface area contributed by atoms with Crippen LogP contribution in [0, 0.1) is 0 Å². The summed E-state index contributed by atoms with van der Waals surface area (Å²) in [5.74, 6) is 0. The van der Waals surface area contributed by atoms with Gasteiger partial charge in [-0.1, -0.05) is 278 Å².